The van der Waals surface area contributed by atoms with Crippen molar-refractivity contribution in [3.8, 4) is 5.75 Å². The zero-order chi connectivity index (χ0) is 15.6. The molecule has 0 saturated heterocycles. The SMILES string of the molecule is CCCOc1cccc(NCC(=O)NCC2CCCCC2)c1. The van der Waals surface area contributed by atoms with E-state index in [1.54, 1.807) is 0 Å². The monoisotopic (exact) mass is 304 g/mol. The third kappa shape index (κ3) is 5.96. The average molecular weight is 304 g/mol. The van der Waals surface area contributed by atoms with Crippen molar-refractivity contribution in [2.45, 2.75) is 45.4 Å². The van der Waals surface area contributed by atoms with Gasteiger partial charge in [-0.2, -0.15) is 0 Å². The number of carbonyl (C=O) groups is 1. The first-order valence-electron chi connectivity index (χ1n) is 8.51. The summed E-state index contributed by atoms with van der Waals surface area (Å²) in [5.41, 5.74) is 0.918. The number of amides is 1. The maximum absolute atomic E-state index is 11.9. The van der Waals surface area contributed by atoms with Crippen molar-refractivity contribution in [3.63, 3.8) is 0 Å². The minimum atomic E-state index is 0.0606. The first-order chi connectivity index (χ1) is 10.8. The lowest BCUT2D eigenvalue weighted by Crippen LogP contribution is -2.34. The van der Waals surface area contributed by atoms with Crippen LogP contribution >= 0.6 is 0 Å². The molecule has 1 fully saturated rings. The Hall–Kier alpha value is -1.71. The molecule has 0 aliphatic heterocycles. The molecule has 1 aromatic carbocycles. The summed E-state index contributed by atoms with van der Waals surface area (Å²) in [5.74, 6) is 1.57. The Labute approximate surface area is 133 Å². The molecular weight excluding hydrogens is 276 g/mol. The minimum Gasteiger partial charge on any atom is -0.494 e. The normalized spacial score (nSPS) is 15.3. The van der Waals surface area contributed by atoms with E-state index in [9.17, 15) is 4.79 Å². The highest BCUT2D eigenvalue weighted by Gasteiger charge is 2.14. The Morgan fingerprint density at radius 2 is 2.09 bits per heavy atom. The lowest BCUT2D eigenvalue weighted by molar-refractivity contribution is -0.119. The van der Waals surface area contributed by atoms with Crippen molar-refractivity contribution in [2.24, 2.45) is 5.92 Å². The molecule has 0 aromatic heterocycles. The van der Waals surface area contributed by atoms with Gasteiger partial charge in [-0.15, -0.1) is 0 Å². The fraction of sp³-hybridized carbons (Fsp3) is 0.611. The van der Waals surface area contributed by atoms with Gasteiger partial charge in [-0.25, -0.2) is 0 Å². The van der Waals surface area contributed by atoms with Crippen LogP contribution < -0.4 is 15.4 Å². The molecule has 4 nitrogen and oxygen atoms in total. The summed E-state index contributed by atoms with van der Waals surface area (Å²) in [7, 11) is 0. The van der Waals surface area contributed by atoms with Crippen LogP contribution in [0.1, 0.15) is 45.4 Å². The van der Waals surface area contributed by atoms with Gasteiger partial charge in [0.25, 0.3) is 0 Å². The predicted molar refractivity (Wildman–Crippen MR) is 90.3 cm³/mol. The summed E-state index contributed by atoms with van der Waals surface area (Å²) in [6, 6.07) is 7.76. The maximum atomic E-state index is 11.9. The van der Waals surface area contributed by atoms with Gasteiger partial charge in [-0.1, -0.05) is 32.3 Å². The standard InChI is InChI=1S/C18H28N2O2/c1-2-11-22-17-10-6-9-16(12-17)19-14-18(21)20-13-15-7-4-3-5-8-15/h6,9-10,12,15,19H,2-5,7-8,11,13-14H2,1H3,(H,20,21). The molecule has 1 aliphatic carbocycles. The second kappa shape index (κ2) is 9.34. The van der Waals surface area contributed by atoms with Gasteiger partial charge in [-0.05, 0) is 37.3 Å². The van der Waals surface area contributed by atoms with Crippen LogP contribution in [-0.2, 0) is 4.79 Å². The smallest absolute Gasteiger partial charge is 0.239 e. The molecule has 2 rings (SSSR count). The van der Waals surface area contributed by atoms with E-state index in [-0.39, 0.29) is 5.91 Å². The maximum Gasteiger partial charge on any atom is 0.239 e. The van der Waals surface area contributed by atoms with Crippen molar-refractivity contribution in [1.82, 2.24) is 5.32 Å². The molecule has 2 N–H and O–H groups in total. The highest BCUT2D eigenvalue weighted by Crippen LogP contribution is 2.22. The van der Waals surface area contributed by atoms with Gasteiger partial charge >= 0.3 is 0 Å². The molecule has 0 unspecified atom stereocenters. The molecular formula is C18H28N2O2. The molecule has 1 aromatic rings. The Kier molecular flexibility index (Phi) is 7.07. The van der Waals surface area contributed by atoms with Crippen LogP contribution in [0.15, 0.2) is 24.3 Å². The number of hydrogen-bond acceptors (Lipinski definition) is 3. The van der Waals surface area contributed by atoms with Crippen LogP contribution in [0.4, 0.5) is 5.69 Å². The zero-order valence-corrected chi connectivity index (χ0v) is 13.6. The Bertz CT molecular complexity index is 456. The number of rotatable bonds is 8. The van der Waals surface area contributed by atoms with E-state index in [1.807, 2.05) is 24.3 Å². The zero-order valence-electron chi connectivity index (χ0n) is 13.6. The number of carbonyl (C=O) groups excluding carboxylic acids is 1. The topological polar surface area (TPSA) is 50.4 Å². The van der Waals surface area contributed by atoms with Crippen LogP contribution in [-0.4, -0.2) is 25.6 Å². The third-order valence-corrected chi connectivity index (χ3v) is 4.07. The number of benzene rings is 1. The van der Waals surface area contributed by atoms with Crippen LogP contribution in [0.2, 0.25) is 0 Å². The fourth-order valence-electron chi connectivity index (χ4n) is 2.81. The van der Waals surface area contributed by atoms with Gasteiger partial charge in [0.2, 0.25) is 5.91 Å². The van der Waals surface area contributed by atoms with Crippen molar-refractivity contribution in [1.29, 1.82) is 0 Å². The molecule has 0 heterocycles. The fourth-order valence-corrected chi connectivity index (χ4v) is 2.81. The third-order valence-electron chi connectivity index (χ3n) is 4.07. The van der Waals surface area contributed by atoms with Gasteiger partial charge in [-0.3, -0.25) is 4.79 Å². The number of hydrogen-bond donors (Lipinski definition) is 2. The van der Waals surface area contributed by atoms with Gasteiger partial charge in [0, 0.05) is 18.3 Å². The van der Waals surface area contributed by atoms with Crippen LogP contribution in [0.5, 0.6) is 5.75 Å². The van der Waals surface area contributed by atoms with E-state index in [4.69, 9.17) is 4.74 Å². The highest BCUT2D eigenvalue weighted by atomic mass is 16.5. The lowest BCUT2D eigenvalue weighted by Gasteiger charge is -2.21. The lowest BCUT2D eigenvalue weighted by atomic mass is 9.89. The van der Waals surface area contributed by atoms with Gasteiger partial charge in [0.15, 0.2) is 0 Å². The molecule has 1 amide bonds. The Morgan fingerprint density at radius 1 is 1.27 bits per heavy atom. The summed E-state index contributed by atoms with van der Waals surface area (Å²) in [5, 5.41) is 6.20. The first kappa shape index (κ1) is 16.7. The summed E-state index contributed by atoms with van der Waals surface area (Å²) >= 11 is 0. The largest absolute Gasteiger partial charge is 0.494 e. The molecule has 122 valence electrons. The van der Waals surface area contributed by atoms with E-state index in [1.165, 1.54) is 32.1 Å². The molecule has 22 heavy (non-hydrogen) atoms. The summed E-state index contributed by atoms with van der Waals surface area (Å²) in [4.78, 5) is 11.9. The van der Waals surface area contributed by atoms with Crippen molar-refractivity contribution in [3.05, 3.63) is 24.3 Å². The molecule has 1 aliphatic rings. The molecule has 0 bridgehead atoms. The summed E-state index contributed by atoms with van der Waals surface area (Å²) in [6.07, 6.45) is 7.46. The van der Waals surface area contributed by atoms with E-state index < -0.39 is 0 Å². The second-order valence-corrected chi connectivity index (χ2v) is 6.04. The summed E-state index contributed by atoms with van der Waals surface area (Å²) in [6.45, 7) is 3.92. The van der Waals surface area contributed by atoms with Crippen molar-refractivity contribution < 1.29 is 9.53 Å². The van der Waals surface area contributed by atoms with Crippen LogP contribution in [0.25, 0.3) is 0 Å². The first-order valence-corrected chi connectivity index (χ1v) is 8.51. The van der Waals surface area contributed by atoms with Gasteiger partial charge in [0.1, 0.15) is 5.75 Å². The molecule has 0 radical (unpaired) electrons. The molecule has 0 spiro atoms. The quantitative estimate of drug-likeness (QED) is 0.772. The number of ether oxygens (including phenoxy) is 1. The Balaban J connectivity index is 1.68. The Morgan fingerprint density at radius 3 is 2.86 bits per heavy atom. The number of nitrogens with one attached hydrogen (secondary N) is 2. The van der Waals surface area contributed by atoms with E-state index in [0.29, 0.717) is 19.1 Å². The molecule has 1 saturated carbocycles. The minimum absolute atomic E-state index is 0.0606. The van der Waals surface area contributed by atoms with Crippen molar-refractivity contribution in [2.75, 3.05) is 25.0 Å². The van der Waals surface area contributed by atoms with Crippen LogP contribution in [0.3, 0.4) is 0 Å². The number of anilines is 1. The van der Waals surface area contributed by atoms with Gasteiger partial charge < -0.3 is 15.4 Å². The molecule has 4 heteroatoms. The van der Waals surface area contributed by atoms with Crippen LogP contribution in [0, 0.1) is 5.92 Å². The van der Waals surface area contributed by atoms with Crippen molar-refractivity contribution >= 4 is 11.6 Å². The van der Waals surface area contributed by atoms with E-state index in [2.05, 4.69) is 17.6 Å². The molecule has 0 atom stereocenters. The van der Waals surface area contributed by atoms with Gasteiger partial charge in [0.05, 0.1) is 13.2 Å². The van der Waals surface area contributed by atoms with E-state index >= 15 is 0 Å². The second-order valence-electron chi connectivity index (χ2n) is 6.04. The highest BCUT2D eigenvalue weighted by molar-refractivity contribution is 5.80. The predicted octanol–water partition coefficient (Wildman–Crippen LogP) is 3.58. The van der Waals surface area contributed by atoms with E-state index in [0.717, 1.165) is 24.4 Å². The average Bonchev–Trinajstić information content (AvgIpc) is 2.57. The summed E-state index contributed by atoms with van der Waals surface area (Å²) < 4.78 is 5.59.